The molecule has 0 N–H and O–H groups in total. The van der Waals surface area contributed by atoms with Crippen molar-refractivity contribution >= 4 is 11.6 Å². The molecule has 5 rings (SSSR count). The molecule has 0 unspecified atom stereocenters. The lowest BCUT2D eigenvalue weighted by Crippen LogP contribution is -2.42. The Hall–Kier alpha value is -2.30. The van der Waals surface area contributed by atoms with Crippen molar-refractivity contribution in [1.29, 1.82) is 0 Å². The van der Waals surface area contributed by atoms with Gasteiger partial charge in [0, 0.05) is 24.3 Å². The zero-order valence-corrected chi connectivity index (χ0v) is 16.5. The van der Waals surface area contributed by atoms with Gasteiger partial charge in [0.15, 0.2) is 5.79 Å². The zero-order chi connectivity index (χ0) is 19.2. The van der Waals surface area contributed by atoms with Gasteiger partial charge in [-0.05, 0) is 53.3 Å². The summed E-state index contributed by atoms with van der Waals surface area (Å²) in [5.41, 5.74) is 5.22. The van der Waals surface area contributed by atoms with Crippen molar-refractivity contribution in [2.75, 3.05) is 27.4 Å². The molecule has 0 atom stereocenters. The van der Waals surface area contributed by atoms with Crippen LogP contribution in [0.5, 0.6) is 11.5 Å². The predicted molar refractivity (Wildman–Crippen MR) is 109 cm³/mol. The van der Waals surface area contributed by atoms with E-state index in [0.717, 1.165) is 42.7 Å². The van der Waals surface area contributed by atoms with Gasteiger partial charge in [-0.1, -0.05) is 24.3 Å². The fourth-order valence-electron chi connectivity index (χ4n) is 5.20. The maximum atomic E-state index is 6.00. The number of hydrogen-bond donors (Lipinski definition) is 0. The molecule has 2 aromatic rings. The van der Waals surface area contributed by atoms with Crippen molar-refractivity contribution in [3.63, 3.8) is 0 Å². The highest BCUT2D eigenvalue weighted by Gasteiger charge is 2.51. The first-order valence-corrected chi connectivity index (χ1v) is 10.0. The third-order valence-corrected chi connectivity index (χ3v) is 6.63. The molecular formula is C24H26O4. The number of fused-ring (bicyclic) bond motifs is 2. The average molecular weight is 378 g/mol. The zero-order valence-electron chi connectivity index (χ0n) is 16.5. The Kier molecular flexibility index (Phi) is 4.22. The van der Waals surface area contributed by atoms with Crippen LogP contribution in [0.4, 0.5) is 0 Å². The molecule has 2 spiro atoms. The van der Waals surface area contributed by atoms with Crippen LogP contribution in [0.25, 0.3) is 11.6 Å². The smallest absolute Gasteiger partial charge is 0.168 e. The third kappa shape index (κ3) is 2.66. The summed E-state index contributed by atoms with van der Waals surface area (Å²) in [4.78, 5) is 0. The molecular weight excluding hydrogens is 352 g/mol. The molecule has 2 fully saturated rings. The molecule has 3 aliphatic rings. The van der Waals surface area contributed by atoms with Gasteiger partial charge in [-0.3, -0.25) is 0 Å². The van der Waals surface area contributed by atoms with Crippen molar-refractivity contribution in [2.45, 2.75) is 36.9 Å². The minimum atomic E-state index is -0.375. The number of methoxy groups -OCH3 is 2. The van der Waals surface area contributed by atoms with Crippen molar-refractivity contribution in [3.8, 4) is 11.5 Å². The Bertz CT molecular complexity index is 892. The third-order valence-electron chi connectivity index (χ3n) is 6.63. The molecule has 1 saturated heterocycles. The normalized spacial score (nSPS) is 21.6. The maximum absolute atomic E-state index is 6.00. The maximum Gasteiger partial charge on any atom is 0.168 e. The molecule has 2 aromatic carbocycles. The van der Waals surface area contributed by atoms with Gasteiger partial charge in [-0.2, -0.15) is 0 Å². The van der Waals surface area contributed by atoms with E-state index >= 15 is 0 Å². The number of hydrogen-bond acceptors (Lipinski definition) is 4. The minimum absolute atomic E-state index is 0.0193. The van der Waals surface area contributed by atoms with E-state index in [1.54, 1.807) is 14.2 Å². The Labute approximate surface area is 166 Å². The quantitative estimate of drug-likeness (QED) is 0.768. The largest absolute Gasteiger partial charge is 0.497 e. The van der Waals surface area contributed by atoms with Crippen LogP contribution >= 0.6 is 0 Å². The summed E-state index contributed by atoms with van der Waals surface area (Å²) >= 11 is 0. The molecule has 0 bridgehead atoms. The molecule has 4 nitrogen and oxygen atoms in total. The summed E-state index contributed by atoms with van der Waals surface area (Å²) in [7, 11) is 3.40. The first-order valence-electron chi connectivity index (χ1n) is 10.0. The monoisotopic (exact) mass is 378 g/mol. The van der Waals surface area contributed by atoms with E-state index in [2.05, 4.69) is 42.5 Å². The summed E-state index contributed by atoms with van der Waals surface area (Å²) in [5.74, 6) is 1.26. The summed E-state index contributed by atoms with van der Waals surface area (Å²) in [6, 6.07) is 14.9. The van der Waals surface area contributed by atoms with Gasteiger partial charge in [0.2, 0.25) is 0 Å². The van der Waals surface area contributed by atoms with E-state index in [4.69, 9.17) is 18.9 Å². The fourth-order valence-corrected chi connectivity index (χ4v) is 5.20. The molecule has 1 heterocycles. The van der Waals surface area contributed by atoms with Gasteiger partial charge in [0.25, 0.3) is 0 Å². The van der Waals surface area contributed by atoms with Gasteiger partial charge in [-0.25, -0.2) is 0 Å². The lowest BCUT2D eigenvalue weighted by Gasteiger charge is -2.44. The number of allylic oxidation sites excluding steroid dienone is 1. The Balaban J connectivity index is 1.59. The van der Waals surface area contributed by atoms with Crippen LogP contribution in [-0.4, -0.2) is 33.2 Å². The number of benzene rings is 2. The Morgan fingerprint density at radius 1 is 0.821 bits per heavy atom. The Morgan fingerprint density at radius 2 is 1.46 bits per heavy atom. The van der Waals surface area contributed by atoms with Gasteiger partial charge >= 0.3 is 0 Å². The van der Waals surface area contributed by atoms with Crippen LogP contribution in [0.3, 0.4) is 0 Å². The predicted octanol–water partition coefficient (Wildman–Crippen LogP) is 4.81. The van der Waals surface area contributed by atoms with E-state index in [9.17, 15) is 0 Å². The van der Waals surface area contributed by atoms with Crippen LogP contribution in [-0.2, 0) is 14.9 Å². The first-order chi connectivity index (χ1) is 13.7. The molecule has 1 saturated carbocycles. The summed E-state index contributed by atoms with van der Waals surface area (Å²) in [6.07, 6.45) is 6.20. The molecule has 0 amide bonds. The lowest BCUT2D eigenvalue weighted by atomic mass is 9.64. The van der Waals surface area contributed by atoms with Crippen molar-refractivity contribution in [3.05, 3.63) is 59.2 Å². The second kappa shape index (κ2) is 6.64. The number of ether oxygens (including phenoxy) is 4. The van der Waals surface area contributed by atoms with Crippen molar-refractivity contribution in [2.24, 2.45) is 0 Å². The van der Waals surface area contributed by atoms with E-state index in [-0.39, 0.29) is 11.2 Å². The molecule has 4 heteroatoms. The molecule has 0 aromatic heterocycles. The van der Waals surface area contributed by atoms with Crippen LogP contribution in [0, 0.1) is 0 Å². The fraction of sp³-hybridized carbons (Fsp3) is 0.417. The van der Waals surface area contributed by atoms with Crippen LogP contribution in [0.1, 0.15) is 42.4 Å². The van der Waals surface area contributed by atoms with E-state index in [1.807, 2.05) is 6.07 Å². The second-order valence-corrected chi connectivity index (χ2v) is 7.94. The van der Waals surface area contributed by atoms with Crippen LogP contribution in [0.15, 0.2) is 42.5 Å². The highest BCUT2D eigenvalue weighted by atomic mass is 16.7. The first kappa shape index (κ1) is 17.8. The molecule has 146 valence electrons. The molecule has 0 radical (unpaired) electrons. The molecule has 1 aliphatic heterocycles. The lowest BCUT2D eigenvalue weighted by molar-refractivity contribution is -0.182. The number of rotatable bonds is 3. The van der Waals surface area contributed by atoms with Gasteiger partial charge < -0.3 is 18.9 Å². The highest BCUT2D eigenvalue weighted by molar-refractivity contribution is 5.95. The van der Waals surface area contributed by atoms with Crippen molar-refractivity contribution in [1.82, 2.24) is 0 Å². The van der Waals surface area contributed by atoms with Crippen LogP contribution in [0.2, 0.25) is 0 Å². The molecule has 2 aliphatic carbocycles. The standard InChI is InChI=1S/C24H26O4/c1-25-19-13-18(14-20(16-19)26-2)22-15-17-5-3-4-6-21(17)23(22)7-9-24(10-8-23)27-11-12-28-24/h3-6,13-16H,7-12H2,1-2H3. The summed E-state index contributed by atoms with van der Waals surface area (Å²) in [6.45, 7) is 1.42. The summed E-state index contributed by atoms with van der Waals surface area (Å²) < 4.78 is 23.1. The average Bonchev–Trinajstić information content (AvgIpc) is 3.33. The topological polar surface area (TPSA) is 36.9 Å². The van der Waals surface area contributed by atoms with E-state index in [1.165, 1.54) is 16.7 Å². The summed E-state index contributed by atoms with van der Waals surface area (Å²) in [5, 5.41) is 0. The van der Waals surface area contributed by atoms with E-state index < -0.39 is 0 Å². The SMILES string of the molecule is COc1cc(OC)cc(C2=Cc3ccccc3C23CCC2(CC3)OCCO2)c1. The van der Waals surface area contributed by atoms with Crippen molar-refractivity contribution < 1.29 is 18.9 Å². The van der Waals surface area contributed by atoms with Gasteiger partial charge in [0.1, 0.15) is 11.5 Å². The highest BCUT2D eigenvalue weighted by Crippen LogP contribution is 2.57. The Morgan fingerprint density at radius 3 is 2.11 bits per heavy atom. The van der Waals surface area contributed by atoms with Gasteiger partial charge in [-0.15, -0.1) is 0 Å². The van der Waals surface area contributed by atoms with Gasteiger partial charge in [0.05, 0.1) is 27.4 Å². The second-order valence-electron chi connectivity index (χ2n) is 7.94. The molecule has 28 heavy (non-hydrogen) atoms. The van der Waals surface area contributed by atoms with E-state index in [0.29, 0.717) is 13.2 Å². The van der Waals surface area contributed by atoms with Crippen LogP contribution < -0.4 is 9.47 Å². The minimum Gasteiger partial charge on any atom is -0.497 e.